The predicted molar refractivity (Wildman–Crippen MR) is 40.2 cm³/mol. The highest BCUT2D eigenvalue weighted by atomic mass is 15.1. The van der Waals surface area contributed by atoms with Crippen molar-refractivity contribution in [1.29, 1.82) is 0 Å². The molecular formula is C8H14N. The van der Waals surface area contributed by atoms with Crippen molar-refractivity contribution in [1.82, 2.24) is 4.90 Å². The molecule has 0 amide bonds. The number of hydrogen-bond acceptors (Lipinski definition) is 1. The van der Waals surface area contributed by atoms with Crippen molar-refractivity contribution >= 4 is 0 Å². The summed E-state index contributed by atoms with van der Waals surface area (Å²) in [5.41, 5.74) is 1.52. The van der Waals surface area contributed by atoms with Crippen LogP contribution in [0.25, 0.3) is 0 Å². The van der Waals surface area contributed by atoms with Crippen LogP contribution in [0.5, 0.6) is 0 Å². The van der Waals surface area contributed by atoms with Crippen molar-refractivity contribution in [2.45, 2.75) is 12.8 Å². The maximum Gasteiger partial charge on any atom is 0.0162 e. The Morgan fingerprint density at radius 3 is 3.00 bits per heavy atom. The summed E-state index contributed by atoms with van der Waals surface area (Å²) in [5.74, 6) is 0. The first-order valence-corrected chi connectivity index (χ1v) is 3.48. The van der Waals surface area contributed by atoms with Gasteiger partial charge in [-0.1, -0.05) is 11.6 Å². The second-order valence-electron chi connectivity index (χ2n) is 2.62. The van der Waals surface area contributed by atoms with E-state index in [2.05, 4.69) is 24.9 Å². The van der Waals surface area contributed by atoms with Crippen LogP contribution in [0.15, 0.2) is 11.6 Å². The Morgan fingerprint density at radius 2 is 2.56 bits per heavy atom. The summed E-state index contributed by atoms with van der Waals surface area (Å²) in [6, 6.07) is 0. The van der Waals surface area contributed by atoms with Crippen molar-refractivity contribution in [2.75, 3.05) is 20.1 Å². The minimum Gasteiger partial charge on any atom is -0.302 e. The van der Waals surface area contributed by atoms with E-state index in [0.717, 1.165) is 13.0 Å². The molecule has 9 heavy (non-hydrogen) atoms. The molecule has 0 bridgehead atoms. The van der Waals surface area contributed by atoms with E-state index in [1.165, 1.54) is 18.5 Å². The molecule has 1 radical (unpaired) electrons. The first-order chi connectivity index (χ1) is 4.33. The van der Waals surface area contributed by atoms with Gasteiger partial charge in [-0.3, -0.25) is 0 Å². The highest BCUT2D eigenvalue weighted by Crippen LogP contribution is 2.11. The van der Waals surface area contributed by atoms with E-state index < -0.39 is 0 Å². The summed E-state index contributed by atoms with van der Waals surface area (Å²) in [4.78, 5) is 2.32. The van der Waals surface area contributed by atoms with Crippen LogP contribution >= 0.6 is 0 Å². The van der Waals surface area contributed by atoms with Gasteiger partial charge >= 0.3 is 0 Å². The standard InChI is InChI=1S/C8H14N/c1-3-8-4-6-9(2)7-5-8/h4H,1,3,5-7H2,2H3. The Morgan fingerprint density at radius 1 is 1.78 bits per heavy atom. The van der Waals surface area contributed by atoms with Crippen molar-refractivity contribution in [3.05, 3.63) is 18.6 Å². The summed E-state index contributed by atoms with van der Waals surface area (Å²) >= 11 is 0. The minimum absolute atomic E-state index is 0.994. The van der Waals surface area contributed by atoms with Gasteiger partial charge in [0.2, 0.25) is 0 Å². The van der Waals surface area contributed by atoms with Crippen LogP contribution in [0.3, 0.4) is 0 Å². The molecule has 0 aromatic rings. The van der Waals surface area contributed by atoms with Gasteiger partial charge in [0.05, 0.1) is 0 Å². The van der Waals surface area contributed by atoms with Crippen LogP contribution < -0.4 is 0 Å². The van der Waals surface area contributed by atoms with Crippen LogP contribution in [0.1, 0.15) is 12.8 Å². The van der Waals surface area contributed by atoms with E-state index in [4.69, 9.17) is 0 Å². The number of rotatable bonds is 1. The van der Waals surface area contributed by atoms with E-state index in [0.29, 0.717) is 0 Å². The molecule has 0 spiro atoms. The lowest BCUT2D eigenvalue weighted by atomic mass is 10.1. The van der Waals surface area contributed by atoms with Gasteiger partial charge in [-0.25, -0.2) is 0 Å². The van der Waals surface area contributed by atoms with E-state index in [1.807, 2.05) is 0 Å². The van der Waals surface area contributed by atoms with Crippen LogP contribution in [0, 0.1) is 6.92 Å². The monoisotopic (exact) mass is 124 g/mol. The third kappa shape index (κ3) is 1.83. The van der Waals surface area contributed by atoms with Crippen LogP contribution in [-0.2, 0) is 0 Å². The van der Waals surface area contributed by atoms with Gasteiger partial charge in [-0.05, 0) is 26.8 Å². The third-order valence-electron chi connectivity index (χ3n) is 1.83. The van der Waals surface area contributed by atoms with Crippen molar-refractivity contribution < 1.29 is 0 Å². The second kappa shape index (κ2) is 3.02. The molecule has 0 atom stereocenters. The molecule has 0 unspecified atom stereocenters. The average Bonchev–Trinajstić information content (AvgIpc) is 1.90. The molecule has 0 aromatic heterocycles. The van der Waals surface area contributed by atoms with Crippen LogP contribution in [0.4, 0.5) is 0 Å². The molecule has 0 aromatic carbocycles. The number of nitrogens with zero attached hydrogens (tertiary/aromatic N) is 1. The lowest BCUT2D eigenvalue weighted by Crippen LogP contribution is -2.23. The summed E-state index contributed by atoms with van der Waals surface area (Å²) in [5, 5.41) is 0. The highest BCUT2D eigenvalue weighted by Gasteiger charge is 2.04. The van der Waals surface area contributed by atoms with E-state index >= 15 is 0 Å². The zero-order valence-corrected chi connectivity index (χ0v) is 6.06. The van der Waals surface area contributed by atoms with Crippen molar-refractivity contribution in [3.8, 4) is 0 Å². The fraction of sp³-hybridized carbons (Fsp3) is 0.625. The minimum atomic E-state index is 0.994. The Hall–Kier alpha value is -0.300. The largest absolute Gasteiger partial charge is 0.302 e. The topological polar surface area (TPSA) is 3.24 Å². The van der Waals surface area contributed by atoms with Gasteiger partial charge in [0.25, 0.3) is 0 Å². The third-order valence-corrected chi connectivity index (χ3v) is 1.83. The molecule has 1 nitrogen and oxygen atoms in total. The van der Waals surface area contributed by atoms with Crippen molar-refractivity contribution in [3.63, 3.8) is 0 Å². The molecule has 0 saturated carbocycles. The lowest BCUT2D eigenvalue weighted by molar-refractivity contribution is 0.358. The first kappa shape index (κ1) is 6.81. The quantitative estimate of drug-likeness (QED) is 0.478. The summed E-state index contributed by atoms with van der Waals surface area (Å²) in [7, 11) is 2.15. The van der Waals surface area contributed by atoms with Crippen LogP contribution in [-0.4, -0.2) is 25.0 Å². The molecule has 1 aliphatic rings. The Labute approximate surface area is 57.4 Å². The van der Waals surface area contributed by atoms with Crippen LogP contribution in [0.2, 0.25) is 0 Å². The van der Waals surface area contributed by atoms with Gasteiger partial charge in [0.1, 0.15) is 0 Å². The number of likely N-dealkylation sites (N-methyl/N-ethyl adjacent to an activating group) is 1. The van der Waals surface area contributed by atoms with E-state index in [-0.39, 0.29) is 0 Å². The van der Waals surface area contributed by atoms with E-state index in [1.54, 1.807) is 0 Å². The maximum atomic E-state index is 3.85. The van der Waals surface area contributed by atoms with Gasteiger partial charge in [-0.15, -0.1) is 0 Å². The molecule has 0 N–H and O–H groups in total. The average molecular weight is 124 g/mol. The summed E-state index contributed by atoms with van der Waals surface area (Å²) in [6.07, 6.45) is 4.50. The molecule has 1 heterocycles. The maximum absolute atomic E-state index is 3.85. The number of hydrogen-bond donors (Lipinski definition) is 0. The normalized spacial score (nSPS) is 21.8. The molecule has 0 fully saturated rings. The van der Waals surface area contributed by atoms with Gasteiger partial charge in [0.15, 0.2) is 0 Å². The molecule has 51 valence electrons. The van der Waals surface area contributed by atoms with E-state index in [9.17, 15) is 0 Å². The highest BCUT2D eigenvalue weighted by molar-refractivity contribution is 5.07. The fourth-order valence-electron chi connectivity index (χ4n) is 1.04. The Bertz CT molecular complexity index is 116. The molecule has 0 aliphatic carbocycles. The summed E-state index contributed by atoms with van der Waals surface area (Å²) in [6.45, 7) is 6.17. The first-order valence-electron chi connectivity index (χ1n) is 3.48. The predicted octanol–water partition coefficient (Wildman–Crippen LogP) is 1.47. The fourth-order valence-corrected chi connectivity index (χ4v) is 1.04. The Balaban J connectivity index is 2.40. The van der Waals surface area contributed by atoms with Crippen molar-refractivity contribution in [2.24, 2.45) is 0 Å². The zero-order chi connectivity index (χ0) is 6.69. The second-order valence-corrected chi connectivity index (χ2v) is 2.62. The lowest BCUT2D eigenvalue weighted by Gasteiger charge is -2.20. The molecule has 1 heteroatoms. The zero-order valence-electron chi connectivity index (χ0n) is 6.06. The van der Waals surface area contributed by atoms with Gasteiger partial charge in [0, 0.05) is 13.1 Å². The molecule has 1 rings (SSSR count). The van der Waals surface area contributed by atoms with Gasteiger partial charge in [-0.2, -0.15) is 0 Å². The van der Waals surface area contributed by atoms with Gasteiger partial charge < -0.3 is 4.90 Å². The Kier molecular flexibility index (Phi) is 2.29. The molecule has 1 aliphatic heterocycles. The summed E-state index contributed by atoms with van der Waals surface area (Å²) < 4.78 is 0. The SMILES string of the molecule is [CH2]CC1=CCN(C)CC1. The molecular weight excluding hydrogens is 110 g/mol. The molecule has 0 saturated heterocycles. The smallest absolute Gasteiger partial charge is 0.0162 e.